The summed E-state index contributed by atoms with van der Waals surface area (Å²) in [4.78, 5) is 12.8. The van der Waals surface area contributed by atoms with E-state index in [4.69, 9.17) is 4.98 Å². The van der Waals surface area contributed by atoms with E-state index >= 15 is 0 Å². The molecule has 0 aliphatic rings. The standard InChI is InChI=1S/C21H27FN4/c1-20(2,3)12-26-11-16(23-13-26)18-17(14-7-9-15(22)10-8-14)24-19(25-18)21(4,5)6/h7-11,13H,12H2,1-6H3,(H,24,25). The molecule has 3 aromatic rings. The van der Waals surface area contributed by atoms with Crippen LogP contribution in [0.4, 0.5) is 4.39 Å². The first-order valence-corrected chi connectivity index (χ1v) is 8.91. The van der Waals surface area contributed by atoms with Crippen LogP contribution >= 0.6 is 0 Å². The van der Waals surface area contributed by atoms with Gasteiger partial charge in [-0.1, -0.05) is 41.5 Å². The molecule has 1 aromatic carbocycles. The van der Waals surface area contributed by atoms with Crippen LogP contribution in [-0.4, -0.2) is 19.5 Å². The molecule has 1 N–H and O–H groups in total. The van der Waals surface area contributed by atoms with E-state index < -0.39 is 0 Å². The van der Waals surface area contributed by atoms with Crippen molar-refractivity contribution in [1.29, 1.82) is 0 Å². The maximum absolute atomic E-state index is 13.3. The zero-order chi connectivity index (χ0) is 19.1. The molecule has 4 nitrogen and oxygen atoms in total. The molecule has 0 aliphatic carbocycles. The first kappa shape index (κ1) is 18.4. The van der Waals surface area contributed by atoms with Gasteiger partial charge in [-0.25, -0.2) is 14.4 Å². The molecule has 0 bridgehead atoms. The number of halogens is 1. The quantitative estimate of drug-likeness (QED) is 0.682. The molecule has 0 spiro atoms. The summed E-state index contributed by atoms with van der Waals surface area (Å²) in [5.74, 6) is 0.637. The number of aromatic nitrogens is 4. The Morgan fingerprint density at radius 3 is 2.27 bits per heavy atom. The van der Waals surface area contributed by atoms with Crippen molar-refractivity contribution in [1.82, 2.24) is 19.5 Å². The summed E-state index contributed by atoms with van der Waals surface area (Å²) >= 11 is 0. The molecular weight excluding hydrogens is 327 g/mol. The molecule has 0 aliphatic heterocycles. The lowest BCUT2D eigenvalue weighted by atomic mass is 9.96. The van der Waals surface area contributed by atoms with E-state index in [1.165, 1.54) is 12.1 Å². The zero-order valence-electron chi connectivity index (χ0n) is 16.4. The van der Waals surface area contributed by atoms with Gasteiger partial charge in [0.15, 0.2) is 0 Å². The second kappa shape index (κ2) is 6.38. The van der Waals surface area contributed by atoms with Crippen molar-refractivity contribution in [2.75, 3.05) is 0 Å². The van der Waals surface area contributed by atoms with E-state index in [1.54, 1.807) is 12.1 Å². The largest absolute Gasteiger partial charge is 0.341 e. The van der Waals surface area contributed by atoms with Crippen molar-refractivity contribution in [2.45, 2.75) is 53.5 Å². The van der Waals surface area contributed by atoms with Crippen molar-refractivity contribution in [3.8, 4) is 22.6 Å². The van der Waals surface area contributed by atoms with E-state index in [0.29, 0.717) is 0 Å². The van der Waals surface area contributed by atoms with Crippen LogP contribution in [0.3, 0.4) is 0 Å². The van der Waals surface area contributed by atoms with Crippen LogP contribution in [0.25, 0.3) is 22.6 Å². The smallest absolute Gasteiger partial charge is 0.123 e. The summed E-state index contributed by atoms with van der Waals surface area (Å²) in [6.07, 6.45) is 3.88. The van der Waals surface area contributed by atoms with Crippen LogP contribution in [0.15, 0.2) is 36.8 Å². The number of imidazole rings is 2. The van der Waals surface area contributed by atoms with Gasteiger partial charge in [0.2, 0.25) is 0 Å². The number of H-pyrrole nitrogens is 1. The third-order valence-electron chi connectivity index (χ3n) is 4.08. The number of hydrogen-bond donors (Lipinski definition) is 1. The lowest BCUT2D eigenvalue weighted by Crippen LogP contribution is -2.13. The second-order valence-electron chi connectivity index (χ2n) is 9.06. The van der Waals surface area contributed by atoms with Crippen molar-refractivity contribution >= 4 is 0 Å². The van der Waals surface area contributed by atoms with E-state index in [1.807, 2.05) is 12.5 Å². The van der Waals surface area contributed by atoms with Gasteiger partial charge in [-0.15, -0.1) is 0 Å². The van der Waals surface area contributed by atoms with E-state index in [2.05, 4.69) is 56.1 Å². The molecule has 26 heavy (non-hydrogen) atoms. The summed E-state index contributed by atoms with van der Waals surface area (Å²) in [5.41, 5.74) is 3.43. The van der Waals surface area contributed by atoms with E-state index in [0.717, 1.165) is 35.0 Å². The van der Waals surface area contributed by atoms with Crippen LogP contribution < -0.4 is 0 Å². The molecule has 2 heterocycles. The number of aromatic amines is 1. The average Bonchev–Trinajstić information content (AvgIpc) is 3.12. The fourth-order valence-corrected chi connectivity index (χ4v) is 2.86. The fourth-order valence-electron chi connectivity index (χ4n) is 2.86. The van der Waals surface area contributed by atoms with Crippen molar-refractivity contribution in [3.63, 3.8) is 0 Å². The first-order valence-electron chi connectivity index (χ1n) is 8.91. The number of rotatable bonds is 3. The molecule has 0 unspecified atom stereocenters. The minimum Gasteiger partial charge on any atom is -0.341 e. The number of nitrogens with one attached hydrogen (secondary N) is 1. The maximum Gasteiger partial charge on any atom is 0.123 e. The van der Waals surface area contributed by atoms with Crippen LogP contribution in [0, 0.1) is 11.2 Å². The van der Waals surface area contributed by atoms with Crippen LogP contribution in [-0.2, 0) is 12.0 Å². The number of nitrogens with zero attached hydrogens (tertiary/aromatic N) is 3. The Hall–Kier alpha value is -2.43. The Morgan fingerprint density at radius 2 is 1.69 bits per heavy atom. The Kier molecular flexibility index (Phi) is 4.51. The average molecular weight is 354 g/mol. The molecule has 5 heteroatoms. The van der Waals surface area contributed by atoms with Crippen molar-refractivity contribution < 1.29 is 4.39 Å². The van der Waals surface area contributed by atoms with Gasteiger partial charge < -0.3 is 9.55 Å². The first-order chi connectivity index (χ1) is 12.0. The van der Waals surface area contributed by atoms with Gasteiger partial charge in [0.1, 0.15) is 23.0 Å². The van der Waals surface area contributed by atoms with E-state index in [9.17, 15) is 4.39 Å². The molecular formula is C21H27FN4. The molecule has 138 valence electrons. The zero-order valence-corrected chi connectivity index (χ0v) is 16.4. The van der Waals surface area contributed by atoms with Crippen molar-refractivity contribution in [3.05, 3.63) is 48.4 Å². The van der Waals surface area contributed by atoms with Crippen LogP contribution in [0.5, 0.6) is 0 Å². The highest BCUT2D eigenvalue weighted by atomic mass is 19.1. The SMILES string of the molecule is CC(C)(C)Cn1cnc(-c2nc(C(C)(C)C)[nH]c2-c2ccc(F)cc2)c1. The van der Waals surface area contributed by atoms with Gasteiger partial charge in [-0.2, -0.15) is 0 Å². The third-order valence-corrected chi connectivity index (χ3v) is 4.08. The van der Waals surface area contributed by atoms with Gasteiger partial charge in [0.25, 0.3) is 0 Å². The molecule has 2 aromatic heterocycles. The predicted octanol–water partition coefficient (Wildman–Crippen LogP) is 5.42. The molecule has 0 atom stereocenters. The summed E-state index contributed by atoms with van der Waals surface area (Å²) in [5, 5.41) is 0. The monoisotopic (exact) mass is 354 g/mol. The number of hydrogen-bond acceptors (Lipinski definition) is 2. The molecule has 0 radical (unpaired) electrons. The van der Waals surface area contributed by atoms with Crippen LogP contribution in [0.2, 0.25) is 0 Å². The normalized spacial score (nSPS) is 12.6. The predicted molar refractivity (Wildman–Crippen MR) is 103 cm³/mol. The van der Waals surface area contributed by atoms with Crippen LogP contribution in [0.1, 0.15) is 47.4 Å². The number of benzene rings is 1. The minimum absolute atomic E-state index is 0.124. The lowest BCUT2D eigenvalue weighted by Gasteiger charge is -2.18. The Bertz CT molecular complexity index is 889. The molecule has 0 fully saturated rings. The molecule has 3 rings (SSSR count). The van der Waals surface area contributed by atoms with Gasteiger partial charge in [0, 0.05) is 23.7 Å². The van der Waals surface area contributed by atoms with E-state index in [-0.39, 0.29) is 16.6 Å². The molecule has 0 saturated carbocycles. The Balaban J connectivity index is 2.08. The summed E-state index contributed by atoms with van der Waals surface area (Å²) in [7, 11) is 0. The lowest BCUT2D eigenvalue weighted by molar-refractivity contribution is 0.343. The van der Waals surface area contributed by atoms with Gasteiger partial charge in [-0.3, -0.25) is 0 Å². The molecule has 0 saturated heterocycles. The van der Waals surface area contributed by atoms with Crippen molar-refractivity contribution in [2.24, 2.45) is 5.41 Å². The molecule has 0 amide bonds. The maximum atomic E-state index is 13.3. The minimum atomic E-state index is -0.250. The van der Waals surface area contributed by atoms with Gasteiger partial charge in [0.05, 0.1) is 12.0 Å². The second-order valence-corrected chi connectivity index (χ2v) is 9.06. The highest BCUT2D eigenvalue weighted by molar-refractivity contribution is 5.76. The summed E-state index contributed by atoms with van der Waals surface area (Å²) in [6.45, 7) is 13.8. The topological polar surface area (TPSA) is 46.5 Å². The van der Waals surface area contributed by atoms with Gasteiger partial charge >= 0.3 is 0 Å². The summed E-state index contributed by atoms with van der Waals surface area (Å²) in [6, 6.07) is 6.47. The fraction of sp³-hybridized carbons (Fsp3) is 0.429. The highest BCUT2D eigenvalue weighted by Crippen LogP contribution is 2.33. The van der Waals surface area contributed by atoms with Gasteiger partial charge in [-0.05, 0) is 29.7 Å². The summed E-state index contributed by atoms with van der Waals surface area (Å²) < 4.78 is 15.4. The Morgan fingerprint density at radius 1 is 1.04 bits per heavy atom. The Labute approximate surface area is 154 Å². The highest BCUT2D eigenvalue weighted by Gasteiger charge is 2.23. The third kappa shape index (κ3) is 4.03.